The molecule has 7 heteroatoms. The highest BCUT2D eigenvalue weighted by atomic mass is 16.5. The highest BCUT2D eigenvalue weighted by Crippen LogP contribution is 2.21. The first-order chi connectivity index (χ1) is 14.0. The zero-order valence-electron chi connectivity index (χ0n) is 16.2. The molecule has 0 bridgehead atoms. The van der Waals surface area contributed by atoms with Crippen molar-refractivity contribution in [2.75, 3.05) is 12.4 Å². The summed E-state index contributed by atoms with van der Waals surface area (Å²) in [7, 11) is 1.25. The Hall–Kier alpha value is -3.74. The second kappa shape index (κ2) is 8.97. The number of pyridine rings is 2. The van der Waals surface area contributed by atoms with Gasteiger partial charge in [0.05, 0.1) is 12.8 Å². The van der Waals surface area contributed by atoms with Gasteiger partial charge in [0.1, 0.15) is 6.54 Å². The molecule has 1 aromatic carbocycles. The topological polar surface area (TPSA) is 90.3 Å². The third-order valence-corrected chi connectivity index (χ3v) is 4.43. The fourth-order valence-electron chi connectivity index (χ4n) is 2.81. The molecule has 1 amide bonds. The van der Waals surface area contributed by atoms with Crippen molar-refractivity contribution in [1.82, 2.24) is 9.55 Å². The molecule has 0 atom stereocenters. The smallest absolute Gasteiger partial charge is 0.325 e. The quantitative estimate of drug-likeness (QED) is 0.653. The molecule has 0 aliphatic heterocycles. The molecular weight excluding hydrogens is 370 g/mol. The Bertz CT molecular complexity index is 1100. The summed E-state index contributed by atoms with van der Waals surface area (Å²) in [6.45, 7) is 1.83. The normalized spacial score (nSPS) is 10.4. The maximum absolute atomic E-state index is 12.7. The number of carbonyl (C=O) groups is 2. The summed E-state index contributed by atoms with van der Waals surface area (Å²) in [5.74, 6) is -0.874. The minimum atomic E-state index is -0.550. The summed E-state index contributed by atoms with van der Waals surface area (Å²) in [6.07, 6.45) is 5.88. The van der Waals surface area contributed by atoms with Gasteiger partial charge in [0.25, 0.3) is 11.5 Å². The van der Waals surface area contributed by atoms with Crippen LogP contribution in [0, 0.1) is 0 Å². The molecular formula is C22H21N3O4. The lowest BCUT2D eigenvalue weighted by atomic mass is 10.0. The predicted molar refractivity (Wildman–Crippen MR) is 110 cm³/mol. The van der Waals surface area contributed by atoms with Gasteiger partial charge in [-0.2, -0.15) is 0 Å². The number of aromatic nitrogens is 2. The minimum Gasteiger partial charge on any atom is -0.468 e. The molecule has 0 saturated carbocycles. The Morgan fingerprint density at radius 3 is 2.69 bits per heavy atom. The number of rotatable bonds is 6. The highest BCUT2D eigenvalue weighted by Gasteiger charge is 2.10. The fraction of sp³-hybridized carbons (Fsp3) is 0.182. The van der Waals surface area contributed by atoms with E-state index in [0.29, 0.717) is 11.3 Å². The molecule has 0 aliphatic rings. The number of amides is 1. The van der Waals surface area contributed by atoms with Crippen LogP contribution >= 0.6 is 0 Å². The van der Waals surface area contributed by atoms with Gasteiger partial charge in [-0.15, -0.1) is 0 Å². The monoisotopic (exact) mass is 391 g/mol. The molecule has 3 rings (SSSR count). The van der Waals surface area contributed by atoms with Crippen LogP contribution in [-0.2, 0) is 22.5 Å². The average Bonchev–Trinajstić information content (AvgIpc) is 2.76. The van der Waals surface area contributed by atoms with E-state index in [1.54, 1.807) is 24.4 Å². The maximum atomic E-state index is 12.7. The van der Waals surface area contributed by atoms with Gasteiger partial charge in [0.15, 0.2) is 0 Å². The van der Waals surface area contributed by atoms with E-state index in [-0.39, 0.29) is 18.0 Å². The van der Waals surface area contributed by atoms with E-state index in [2.05, 4.69) is 22.0 Å². The van der Waals surface area contributed by atoms with Crippen LogP contribution in [0.15, 0.2) is 65.8 Å². The molecule has 0 spiro atoms. The van der Waals surface area contributed by atoms with Gasteiger partial charge in [-0.25, -0.2) is 0 Å². The van der Waals surface area contributed by atoms with Crippen LogP contribution in [0.2, 0.25) is 0 Å². The van der Waals surface area contributed by atoms with Crippen LogP contribution in [0.1, 0.15) is 22.8 Å². The molecule has 148 valence electrons. The van der Waals surface area contributed by atoms with Crippen molar-refractivity contribution in [3.63, 3.8) is 0 Å². The SMILES string of the molecule is CCc1cncc(-c2cccc(C(=O)Nc3ccc(=O)n(CC(=O)OC)c3)c2)c1. The van der Waals surface area contributed by atoms with E-state index in [4.69, 9.17) is 0 Å². The number of hydrogen-bond donors (Lipinski definition) is 1. The van der Waals surface area contributed by atoms with E-state index >= 15 is 0 Å². The third-order valence-electron chi connectivity index (χ3n) is 4.43. The van der Waals surface area contributed by atoms with Crippen LogP contribution in [0.4, 0.5) is 5.69 Å². The molecule has 2 aromatic heterocycles. The number of aryl methyl sites for hydroxylation is 1. The van der Waals surface area contributed by atoms with Crippen molar-refractivity contribution in [2.45, 2.75) is 19.9 Å². The zero-order chi connectivity index (χ0) is 20.8. The Kier molecular flexibility index (Phi) is 6.19. The average molecular weight is 391 g/mol. The Morgan fingerprint density at radius 1 is 1.10 bits per heavy atom. The van der Waals surface area contributed by atoms with Crippen molar-refractivity contribution in [1.29, 1.82) is 0 Å². The van der Waals surface area contributed by atoms with Gasteiger partial charge in [-0.3, -0.25) is 19.4 Å². The van der Waals surface area contributed by atoms with Gasteiger partial charge in [-0.1, -0.05) is 19.1 Å². The number of benzene rings is 1. The highest BCUT2D eigenvalue weighted by molar-refractivity contribution is 6.04. The summed E-state index contributed by atoms with van der Waals surface area (Å²) in [5.41, 5.74) is 3.44. The molecule has 7 nitrogen and oxygen atoms in total. The number of ether oxygens (including phenoxy) is 1. The first-order valence-electron chi connectivity index (χ1n) is 9.13. The number of anilines is 1. The molecule has 3 aromatic rings. The lowest BCUT2D eigenvalue weighted by Crippen LogP contribution is -2.24. The second-order valence-electron chi connectivity index (χ2n) is 6.43. The van der Waals surface area contributed by atoms with E-state index in [1.165, 1.54) is 30.0 Å². The molecule has 0 aliphatic carbocycles. The van der Waals surface area contributed by atoms with Crippen LogP contribution in [-0.4, -0.2) is 28.5 Å². The first kappa shape index (κ1) is 20.0. The van der Waals surface area contributed by atoms with Gasteiger partial charge in [-0.05, 0) is 41.8 Å². The van der Waals surface area contributed by atoms with Crippen molar-refractivity contribution in [2.24, 2.45) is 0 Å². The van der Waals surface area contributed by atoms with E-state index in [0.717, 1.165) is 23.1 Å². The largest absolute Gasteiger partial charge is 0.468 e. The van der Waals surface area contributed by atoms with Crippen molar-refractivity contribution >= 4 is 17.6 Å². The fourth-order valence-corrected chi connectivity index (χ4v) is 2.81. The number of esters is 1. The molecule has 0 saturated heterocycles. The van der Waals surface area contributed by atoms with Crippen molar-refractivity contribution < 1.29 is 14.3 Å². The Labute approximate surface area is 168 Å². The van der Waals surface area contributed by atoms with E-state index < -0.39 is 5.97 Å². The summed E-state index contributed by atoms with van der Waals surface area (Å²) in [4.78, 5) is 40.2. The maximum Gasteiger partial charge on any atom is 0.325 e. The molecule has 0 radical (unpaired) electrons. The number of carbonyl (C=O) groups excluding carboxylic acids is 2. The molecule has 2 heterocycles. The standard InChI is InChI=1S/C22H21N3O4/c1-3-15-9-18(12-23-11-15)16-5-4-6-17(10-16)22(28)24-19-7-8-20(26)25(13-19)14-21(27)29-2/h4-13H,3,14H2,1-2H3,(H,24,28). The van der Waals surface area contributed by atoms with Crippen LogP contribution in [0.25, 0.3) is 11.1 Å². The summed E-state index contributed by atoms with van der Waals surface area (Å²) >= 11 is 0. The van der Waals surface area contributed by atoms with E-state index in [1.807, 2.05) is 18.3 Å². The molecule has 1 N–H and O–H groups in total. The van der Waals surface area contributed by atoms with Crippen molar-refractivity contribution in [3.05, 3.63) is 82.5 Å². The summed E-state index contributed by atoms with van der Waals surface area (Å²) in [6, 6.07) is 12.1. The van der Waals surface area contributed by atoms with E-state index in [9.17, 15) is 14.4 Å². The lowest BCUT2D eigenvalue weighted by Gasteiger charge is -2.10. The molecule has 0 unspecified atom stereocenters. The number of hydrogen-bond acceptors (Lipinski definition) is 5. The third kappa shape index (κ3) is 4.95. The Balaban J connectivity index is 1.82. The van der Waals surface area contributed by atoms with Gasteiger partial charge < -0.3 is 14.6 Å². The second-order valence-corrected chi connectivity index (χ2v) is 6.43. The summed E-state index contributed by atoms with van der Waals surface area (Å²) in [5, 5.41) is 2.75. The number of methoxy groups -OCH3 is 1. The minimum absolute atomic E-state index is 0.227. The van der Waals surface area contributed by atoms with Crippen LogP contribution in [0.5, 0.6) is 0 Å². The van der Waals surface area contributed by atoms with Crippen LogP contribution in [0.3, 0.4) is 0 Å². The number of nitrogens with one attached hydrogen (secondary N) is 1. The van der Waals surface area contributed by atoms with Gasteiger partial charge in [0.2, 0.25) is 0 Å². The zero-order valence-corrected chi connectivity index (χ0v) is 16.2. The first-order valence-corrected chi connectivity index (χ1v) is 9.13. The summed E-state index contributed by atoms with van der Waals surface area (Å²) < 4.78 is 5.76. The molecule has 29 heavy (non-hydrogen) atoms. The predicted octanol–water partition coefficient (Wildman–Crippen LogP) is 2.90. The Morgan fingerprint density at radius 2 is 1.93 bits per heavy atom. The lowest BCUT2D eigenvalue weighted by molar-refractivity contribution is -0.141. The number of nitrogens with zero attached hydrogens (tertiary/aromatic N) is 2. The van der Waals surface area contributed by atoms with Crippen molar-refractivity contribution in [3.8, 4) is 11.1 Å². The van der Waals surface area contributed by atoms with Gasteiger partial charge >= 0.3 is 5.97 Å². The van der Waals surface area contributed by atoms with Gasteiger partial charge in [0, 0.05) is 35.8 Å². The molecule has 0 fully saturated rings. The van der Waals surface area contributed by atoms with Crippen LogP contribution < -0.4 is 10.9 Å².